The summed E-state index contributed by atoms with van der Waals surface area (Å²) < 4.78 is 19.0. The van der Waals surface area contributed by atoms with Crippen molar-refractivity contribution in [2.75, 3.05) is 25.6 Å². The normalized spacial score (nSPS) is 10.8. The van der Waals surface area contributed by atoms with E-state index in [-0.39, 0.29) is 16.9 Å². The van der Waals surface area contributed by atoms with Crippen molar-refractivity contribution in [2.24, 2.45) is 0 Å². The molecule has 0 saturated carbocycles. The number of halogens is 1. The second-order valence-electron chi connectivity index (χ2n) is 4.54. The molecule has 7 heteroatoms. The Morgan fingerprint density at radius 3 is 3.00 bits per heavy atom. The molecule has 2 rings (SSSR count). The molecule has 1 aromatic heterocycles. The number of hydrogen-bond donors (Lipinski definition) is 1. The highest BCUT2D eigenvalue weighted by molar-refractivity contribution is 5.97. The van der Waals surface area contributed by atoms with E-state index in [0.717, 1.165) is 18.9 Å². The fourth-order valence-electron chi connectivity index (χ4n) is 2.10. The summed E-state index contributed by atoms with van der Waals surface area (Å²) in [5.74, 6) is -0.667. The molecule has 0 aliphatic heterocycles. The van der Waals surface area contributed by atoms with Gasteiger partial charge in [-0.3, -0.25) is 15.1 Å². The fourth-order valence-corrected chi connectivity index (χ4v) is 2.10. The molecule has 0 aliphatic rings. The molecule has 6 nitrogen and oxygen atoms in total. The fraction of sp³-hybridized carbons (Fsp3) is 0.357. The third-order valence-corrected chi connectivity index (χ3v) is 3.10. The van der Waals surface area contributed by atoms with Crippen molar-refractivity contribution < 1.29 is 14.1 Å². The second kappa shape index (κ2) is 6.94. The number of methoxy groups -OCH3 is 1. The highest BCUT2D eigenvalue weighted by atomic mass is 19.1. The third kappa shape index (κ3) is 3.43. The third-order valence-electron chi connectivity index (χ3n) is 3.10. The van der Waals surface area contributed by atoms with Crippen LogP contribution in [-0.4, -0.2) is 30.2 Å². The Bertz CT molecular complexity index is 649. The number of anilines is 1. The number of ether oxygens (including phenoxy) is 1. The average Bonchev–Trinajstić information content (AvgIpc) is 2.48. The number of non-ortho nitro benzene ring substituents is 1. The number of fused-ring (bicyclic) bond motifs is 1. The maximum atomic E-state index is 14.1. The molecule has 0 aliphatic carbocycles. The van der Waals surface area contributed by atoms with Crippen LogP contribution in [0.25, 0.3) is 10.9 Å². The average molecular weight is 293 g/mol. The highest BCUT2D eigenvalue weighted by Gasteiger charge is 2.19. The van der Waals surface area contributed by atoms with Crippen LogP contribution in [0.1, 0.15) is 12.8 Å². The van der Waals surface area contributed by atoms with Gasteiger partial charge in [-0.25, -0.2) is 4.39 Å². The van der Waals surface area contributed by atoms with Crippen molar-refractivity contribution >= 4 is 22.3 Å². The van der Waals surface area contributed by atoms with Crippen molar-refractivity contribution in [3.05, 3.63) is 40.3 Å². The SMILES string of the molecule is COCCCCNc1c(F)cc([N+](=O)[O-])c2cccnc12. The van der Waals surface area contributed by atoms with Crippen LogP contribution < -0.4 is 5.32 Å². The first-order valence-electron chi connectivity index (χ1n) is 6.59. The van der Waals surface area contributed by atoms with Gasteiger partial charge >= 0.3 is 0 Å². The van der Waals surface area contributed by atoms with Crippen molar-refractivity contribution in [2.45, 2.75) is 12.8 Å². The lowest BCUT2D eigenvalue weighted by Gasteiger charge is -2.10. The minimum atomic E-state index is -0.667. The lowest BCUT2D eigenvalue weighted by molar-refractivity contribution is -0.383. The van der Waals surface area contributed by atoms with Crippen LogP contribution in [0.3, 0.4) is 0 Å². The summed E-state index contributed by atoms with van der Waals surface area (Å²) in [5.41, 5.74) is 0.199. The molecular formula is C14H16FN3O3. The number of nitrogens with one attached hydrogen (secondary N) is 1. The Morgan fingerprint density at radius 2 is 2.29 bits per heavy atom. The van der Waals surface area contributed by atoms with Gasteiger partial charge in [-0.1, -0.05) is 0 Å². The molecule has 0 spiro atoms. The number of rotatable bonds is 7. The van der Waals surface area contributed by atoms with Gasteiger partial charge in [0.15, 0.2) is 5.82 Å². The zero-order chi connectivity index (χ0) is 15.2. The smallest absolute Gasteiger partial charge is 0.281 e. The summed E-state index contributed by atoms with van der Waals surface area (Å²) in [7, 11) is 1.63. The molecule has 1 N–H and O–H groups in total. The molecule has 0 amide bonds. The van der Waals surface area contributed by atoms with E-state index >= 15 is 0 Å². The largest absolute Gasteiger partial charge is 0.385 e. The van der Waals surface area contributed by atoms with Gasteiger partial charge in [0.2, 0.25) is 0 Å². The van der Waals surface area contributed by atoms with E-state index in [2.05, 4.69) is 10.3 Å². The van der Waals surface area contributed by atoms with Gasteiger partial charge in [-0.15, -0.1) is 0 Å². The van der Waals surface area contributed by atoms with Crippen LogP contribution in [0.4, 0.5) is 15.8 Å². The maximum absolute atomic E-state index is 14.1. The minimum Gasteiger partial charge on any atom is -0.385 e. The van der Waals surface area contributed by atoms with Gasteiger partial charge in [-0.2, -0.15) is 0 Å². The van der Waals surface area contributed by atoms with E-state index in [0.29, 0.717) is 18.5 Å². The number of nitro benzene ring substituents is 1. The van der Waals surface area contributed by atoms with Crippen LogP contribution in [-0.2, 0) is 4.74 Å². The van der Waals surface area contributed by atoms with E-state index in [9.17, 15) is 14.5 Å². The molecule has 0 atom stereocenters. The molecular weight excluding hydrogens is 277 g/mol. The number of nitro groups is 1. The number of aromatic nitrogens is 1. The zero-order valence-corrected chi connectivity index (χ0v) is 11.6. The Morgan fingerprint density at radius 1 is 1.48 bits per heavy atom. The van der Waals surface area contributed by atoms with Crippen molar-refractivity contribution in [1.29, 1.82) is 0 Å². The second-order valence-corrected chi connectivity index (χ2v) is 4.54. The number of benzene rings is 1. The van der Waals surface area contributed by atoms with Crippen LogP contribution in [0.2, 0.25) is 0 Å². The van der Waals surface area contributed by atoms with Crippen LogP contribution >= 0.6 is 0 Å². The summed E-state index contributed by atoms with van der Waals surface area (Å²) in [6.07, 6.45) is 3.14. The molecule has 1 aromatic carbocycles. The first-order chi connectivity index (χ1) is 10.1. The number of hydrogen-bond acceptors (Lipinski definition) is 5. The van der Waals surface area contributed by atoms with Gasteiger partial charge in [0, 0.05) is 26.5 Å². The summed E-state index contributed by atoms with van der Waals surface area (Å²) in [4.78, 5) is 14.5. The predicted molar refractivity (Wildman–Crippen MR) is 78.0 cm³/mol. The Balaban J connectivity index is 2.29. The Kier molecular flexibility index (Phi) is 4.99. The summed E-state index contributed by atoms with van der Waals surface area (Å²) in [6, 6.07) is 4.09. The van der Waals surface area contributed by atoms with Crippen molar-refractivity contribution in [1.82, 2.24) is 4.98 Å². The maximum Gasteiger partial charge on any atom is 0.281 e. The first-order valence-corrected chi connectivity index (χ1v) is 6.59. The Hall–Kier alpha value is -2.28. The number of pyridine rings is 1. The molecule has 0 fully saturated rings. The Labute approximate surface area is 121 Å². The first kappa shape index (κ1) is 15.1. The molecule has 0 radical (unpaired) electrons. The topological polar surface area (TPSA) is 77.3 Å². The predicted octanol–water partition coefficient (Wildman–Crippen LogP) is 3.12. The van der Waals surface area contributed by atoms with Crippen molar-refractivity contribution in [3.63, 3.8) is 0 Å². The van der Waals surface area contributed by atoms with Gasteiger partial charge < -0.3 is 10.1 Å². The summed E-state index contributed by atoms with van der Waals surface area (Å²) in [5, 5.41) is 14.3. The lowest BCUT2D eigenvalue weighted by atomic mass is 10.1. The van der Waals surface area contributed by atoms with Crippen LogP contribution in [0.5, 0.6) is 0 Å². The van der Waals surface area contributed by atoms with E-state index in [4.69, 9.17) is 4.74 Å². The quantitative estimate of drug-likeness (QED) is 0.482. The molecule has 0 bridgehead atoms. The van der Waals surface area contributed by atoms with Gasteiger partial charge in [0.25, 0.3) is 5.69 Å². The number of nitrogens with zero attached hydrogens (tertiary/aromatic N) is 2. The van der Waals surface area contributed by atoms with E-state index in [1.54, 1.807) is 19.2 Å². The van der Waals surface area contributed by atoms with E-state index in [1.165, 1.54) is 6.20 Å². The van der Waals surface area contributed by atoms with Crippen LogP contribution in [0.15, 0.2) is 24.4 Å². The lowest BCUT2D eigenvalue weighted by Crippen LogP contribution is -2.06. The standard InChI is InChI=1S/C14H16FN3O3/c1-21-8-3-2-6-17-14-11(15)9-12(18(19)20)10-5-4-7-16-13(10)14/h4-5,7,9,17H,2-3,6,8H2,1H3. The molecule has 2 aromatic rings. The van der Waals surface area contributed by atoms with Crippen molar-refractivity contribution in [3.8, 4) is 0 Å². The van der Waals surface area contributed by atoms with E-state index < -0.39 is 10.7 Å². The molecule has 1 heterocycles. The molecule has 21 heavy (non-hydrogen) atoms. The van der Waals surface area contributed by atoms with Gasteiger partial charge in [0.05, 0.1) is 22.1 Å². The summed E-state index contributed by atoms with van der Waals surface area (Å²) >= 11 is 0. The molecule has 0 unspecified atom stereocenters. The van der Waals surface area contributed by atoms with Gasteiger partial charge in [0.1, 0.15) is 5.52 Å². The zero-order valence-electron chi connectivity index (χ0n) is 11.6. The number of unbranched alkanes of at least 4 members (excludes halogenated alkanes) is 1. The minimum absolute atomic E-state index is 0.202. The van der Waals surface area contributed by atoms with E-state index in [1.807, 2.05) is 0 Å². The summed E-state index contributed by atoms with van der Waals surface area (Å²) in [6.45, 7) is 1.19. The van der Waals surface area contributed by atoms with Crippen LogP contribution in [0, 0.1) is 15.9 Å². The van der Waals surface area contributed by atoms with Gasteiger partial charge in [-0.05, 0) is 25.0 Å². The molecule has 112 valence electrons. The monoisotopic (exact) mass is 293 g/mol. The highest BCUT2D eigenvalue weighted by Crippen LogP contribution is 2.32. The molecule has 0 saturated heterocycles.